The van der Waals surface area contributed by atoms with E-state index in [0.717, 1.165) is 61.1 Å². The summed E-state index contributed by atoms with van der Waals surface area (Å²) < 4.78 is 41.7. The minimum atomic E-state index is -4.66. The van der Waals surface area contributed by atoms with E-state index >= 15 is 0 Å². The Morgan fingerprint density at radius 3 is 2.57 bits per heavy atom. The van der Waals surface area contributed by atoms with Crippen molar-refractivity contribution < 1.29 is 32.4 Å². The van der Waals surface area contributed by atoms with Crippen LogP contribution in [0.3, 0.4) is 0 Å². The third-order valence-corrected chi connectivity index (χ3v) is 15.9. The maximum atomic E-state index is 14.8. The number of nitro benzene ring substituents is 1. The Kier molecular flexibility index (Phi) is 12.5. The fourth-order valence-corrected chi connectivity index (χ4v) is 11.8. The van der Waals surface area contributed by atoms with Gasteiger partial charge in [-0.3, -0.25) is 24.6 Å². The highest BCUT2D eigenvalue weighted by atomic mass is 35.5. The number of Topliss-reactive ketones (excluding diaryl/α,β-unsaturated/α-hetero) is 1. The fourth-order valence-electron chi connectivity index (χ4n) is 10.7. The number of nitrogens with zero attached hydrogens (tertiary/aromatic N) is 5. The lowest BCUT2D eigenvalue weighted by atomic mass is 9.70. The van der Waals surface area contributed by atoms with Crippen molar-refractivity contribution in [1.29, 1.82) is 0 Å². The number of fused-ring (bicyclic) bond motifs is 3. The molecule has 18 heteroatoms. The Hall–Kier alpha value is -5.85. The second-order valence-corrected chi connectivity index (χ2v) is 21.5. The number of aromatic amines is 1. The summed E-state index contributed by atoms with van der Waals surface area (Å²) in [6.45, 7) is 9.70. The first-order valence-corrected chi connectivity index (χ1v) is 25.2. The maximum Gasteiger partial charge on any atom is 0.293 e. The molecule has 5 aliphatic rings. The van der Waals surface area contributed by atoms with Crippen LogP contribution in [0.4, 0.5) is 28.4 Å². The van der Waals surface area contributed by atoms with E-state index in [2.05, 4.69) is 56.9 Å². The van der Waals surface area contributed by atoms with Crippen molar-refractivity contribution in [2.24, 2.45) is 11.3 Å². The molecule has 0 bridgehead atoms. The quantitative estimate of drug-likeness (QED) is 0.0616. The second-order valence-electron chi connectivity index (χ2n) is 19.4. The normalized spacial score (nSPS) is 22.9. The molecule has 5 heterocycles. The van der Waals surface area contributed by atoms with Gasteiger partial charge >= 0.3 is 0 Å². The molecule has 2 aliphatic carbocycles. The van der Waals surface area contributed by atoms with E-state index in [1.54, 1.807) is 12.3 Å². The van der Waals surface area contributed by atoms with Crippen LogP contribution >= 0.6 is 11.6 Å². The van der Waals surface area contributed by atoms with Gasteiger partial charge in [0, 0.05) is 85.5 Å². The number of carbonyl (C=O) groups excluding carboxylic acids is 2. The first kappa shape index (κ1) is 45.9. The predicted molar refractivity (Wildman–Crippen MR) is 261 cm³/mol. The van der Waals surface area contributed by atoms with Gasteiger partial charge in [0.25, 0.3) is 21.6 Å². The summed E-state index contributed by atoms with van der Waals surface area (Å²) >= 11 is 6.28. The van der Waals surface area contributed by atoms with Crippen LogP contribution in [0, 0.1) is 21.4 Å². The number of H-pyrrole nitrogens is 1. The number of anilines is 4. The van der Waals surface area contributed by atoms with E-state index in [1.807, 2.05) is 41.3 Å². The minimum Gasteiger partial charge on any atom is -0.377 e. The van der Waals surface area contributed by atoms with Crippen LogP contribution in [0.2, 0.25) is 5.02 Å². The number of benzene rings is 3. The molecule has 1 saturated carbocycles. The zero-order chi connectivity index (χ0) is 47.3. The average molecular weight is 964 g/mol. The molecule has 4 atom stereocenters. The molecule has 0 radical (unpaired) electrons. The highest BCUT2D eigenvalue weighted by Crippen LogP contribution is 2.48. The molecule has 16 nitrogen and oxygen atoms in total. The van der Waals surface area contributed by atoms with Crippen molar-refractivity contribution in [1.82, 2.24) is 19.6 Å². The lowest BCUT2D eigenvalue weighted by Crippen LogP contribution is -2.47. The average Bonchev–Trinajstić information content (AvgIpc) is 4.02. The Morgan fingerprint density at radius 2 is 1.81 bits per heavy atom. The number of allylic oxidation sites excluding steroid dienone is 1. The Bertz CT molecular complexity index is 2910. The standard InChI is InChI=1S/C50H55ClN8O8S/c1-50(2)16-14-33(40(27-50)31-6-8-34(51)9-7-31)29-56-18-20-57(21-19-56)35-10-13-43(58-42-5-3-4-38(42)47(60)46-45(58)24-32-15-17-52-48(32)54-46)39(25-35)49(61)55-68(64,65)37-11-12-41(44(26-37)59(62)63)53-28-36-30-66-22-23-67-36/h6-15,17,24-26,36,38,40,42,53H,3-5,16,18-23,27-30H2,1-2H3,(H,52,54)(H,55,61)/t36-,38?,40?,42?/m0/s1. The van der Waals surface area contributed by atoms with Crippen LogP contribution in [0.25, 0.3) is 11.0 Å². The first-order chi connectivity index (χ1) is 32.7. The summed E-state index contributed by atoms with van der Waals surface area (Å²) in [5.74, 6) is -1.05. The number of ether oxygens (including phenoxy) is 2. The highest BCUT2D eigenvalue weighted by Gasteiger charge is 2.46. The second kappa shape index (κ2) is 18.6. The number of ketones is 1. The number of sulfonamides is 1. The van der Waals surface area contributed by atoms with Gasteiger partial charge in [0.15, 0.2) is 5.78 Å². The molecular weight excluding hydrogens is 908 g/mol. The van der Waals surface area contributed by atoms with E-state index < -0.39 is 31.4 Å². The third-order valence-electron chi connectivity index (χ3n) is 14.3. The molecular formula is C50H55ClN8O8S. The van der Waals surface area contributed by atoms with Crippen molar-refractivity contribution in [3.63, 3.8) is 0 Å². The van der Waals surface area contributed by atoms with Crippen LogP contribution in [-0.4, -0.2) is 111 Å². The van der Waals surface area contributed by atoms with Crippen molar-refractivity contribution in [2.75, 3.05) is 74.2 Å². The summed E-state index contributed by atoms with van der Waals surface area (Å²) in [4.78, 5) is 54.5. The van der Waals surface area contributed by atoms with E-state index in [1.165, 1.54) is 23.3 Å². The number of piperazine rings is 1. The monoisotopic (exact) mass is 962 g/mol. The molecule has 5 aromatic rings. The van der Waals surface area contributed by atoms with Crippen LogP contribution in [0.15, 0.2) is 95.5 Å². The topological polar surface area (TPSA) is 192 Å². The van der Waals surface area contributed by atoms with Gasteiger partial charge in [-0.15, -0.1) is 0 Å². The summed E-state index contributed by atoms with van der Waals surface area (Å²) in [6.07, 6.45) is 8.02. The number of nitrogens with one attached hydrogen (secondary N) is 3. The number of pyridine rings is 1. The summed E-state index contributed by atoms with van der Waals surface area (Å²) in [5.41, 5.74) is 5.13. The van der Waals surface area contributed by atoms with Crippen LogP contribution in [-0.2, 0) is 19.5 Å². The van der Waals surface area contributed by atoms with Gasteiger partial charge < -0.3 is 29.6 Å². The minimum absolute atomic E-state index is 0.0513. The number of halogens is 1. The smallest absolute Gasteiger partial charge is 0.293 e. The lowest BCUT2D eigenvalue weighted by molar-refractivity contribution is -0.384. The number of hydrogen-bond acceptors (Lipinski definition) is 13. The molecule has 3 N–H and O–H groups in total. The Labute approximate surface area is 400 Å². The Balaban J connectivity index is 0.952. The van der Waals surface area contributed by atoms with Gasteiger partial charge in [0.2, 0.25) is 0 Å². The molecule has 356 valence electrons. The van der Waals surface area contributed by atoms with E-state index in [9.17, 15) is 28.1 Å². The fraction of sp³-hybridized carbons (Fsp3) is 0.420. The van der Waals surface area contributed by atoms with Crippen LogP contribution in [0.5, 0.6) is 0 Å². The van der Waals surface area contributed by atoms with E-state index in [4.69, 9.17) is 26.1 Å². The SMILES string of the molecule is CC1(C)CC=C(CN2CCN(c3ccc(N4c5cc6cc[nH]c6nc5C(=O)C5CCCC54)c(C(=O)NS(=O)(=O)c4ccc(NC[C@H]5COCCO5)c([N+](=O)[O-])c4)c3)CC2)C(c2ccc(Cl)cc2)C1. The Morgan fingerprint density at radius 1 is 1.00 bits per heavy atom. The molecule has 3 aliphatic heterocycles. The number of hydrogen-bond donors (Lipinski definition) is 3. The number of carbonyl (C=O) groups is 2. The molecule has 3 fully saturated rings. The van der Waals surface area contributed by atoms with Gasteiger partial charge in [0.05, 0.1) is 52.7 Å². The van der Waals surface area contributed by atoms with Gasteiger partial charge in [-0.2, -0.15) is 0 Å². The van der Waals surface area contributed by atoms with Gasteiger partial charge in [-0.05, 0) is 91.3 Å². The van der Waals surface area contributed by atoms with Gasteiger partial charge in [0.1, 0.15) is 17.0 Å². The van der Waals surface area contributed by atoms with Gasteiger partial charge in [-0.25, -0.2) is 18.1 Å². The van der Waals surface area contributed by atoms with E-state index in [0.29, 0.717) is 68.5 Å². The number of aromatic nitrogens is 2. The summed E-state index contributed by atoms with van der Waals surface area (Å²) in [6, 6.07) is 20.7. The zero-order valence-corrected chi connectivity index (χ0v) is 39.7. The van der Waals surface area contributed by atoms with E-state index in [-0.39, 0.29) is 53.0 Å². The van der Waals surface area contributed by atoms with Crippen molar-refractivity contribution in [3.8, 4) is 0 Å². The van der Waals surface area contributed by atoms with Crippen molar-refractivity contribution >= 4 is 72.8 Å². The predicted octanol–water partition coefficient (Wildman–Crippen LogP) is 8.23. The van der Waals surface area contributed by atoms with Crippen LogP contribution < -0.4 is 19.8 Å². The zero-order valence-electron chi connectivity index (χ0n) is 38.1. The molecule has 0 spiro atoms. The molecule has 2 saturated heterocycles. The summed E-state index contributed by atoms with van der Waals surface area (Å²) in [7, 11) is -4.66. The largest absolute Gasteiger partial charge is 0.377 e. The van der Waals surface area contributed by atoms with Gasteiger partial charge in [-0.1, -0.05) is 55.7 Å². The molecule has 3 aromatic carbocycles. The number of amides is 1. The van der Waals surface area contributed by atoms with Crippen molar-refractivity contribution in [2.45, 2.75) is 68.9 Å². The molecule has 1 amide bonds. The highest BCUT2D eigenvalue weighted by molar-refractivity contribution is 7.90. The van der Waals surface area contributed by atoms with Crippen LogP contribution in [0.1, 0.15) is 78.3 Å². The third kappa shape index (κ3) is 9.21. The first-order valence-electron chi connectivity index (χ1n) is 23.4. The number of rotatable bonds is 12. The molecule has 3 unspecified atom stereocenters. The molecule has 68 heavy (non-hydrogen) atoms. The number of nitro groups is 1. The maximum absolute atomic E-state index is 14.8. The van der Waals surface area contributed by atoms with Crippen molar-refractivity contribution in [3.05, 3.63) is 123 Å². The molecule has 2 aromatic heterocycles. The summed E-state index contributed by atoms with van der Waals surface area (Å²) in [5, 5.41) is 16.8. The molecule has 10 rings (SSSR count). The lowest BCUT2D eigenvalue weighted by Gasteiger charge is -2.41.